The molecule has 8 heteroatoms. The van der Waals surface area contributed by atoms with Gasteiger partial charge in [0, 0.05) is 0 Å². The Hall–Kier alpha value is -0.980. The number of piperidine rings is 1. The van der Waals surface area contributed by atoms with Crippen molar-refractivity contribution in [1.82, 2.24) is 4.90 Å². The normalized spacial score (nSPS) is 17.5. The first-order chi connectivity index (χ1) is 10.3. The van der Waals surface area contributed by atoms with Crippen molar-refractivity contribution in [3.63, 3.8) is 0 Å². The maximum atomic E-state index is 12.6. The maximum Gasteiger partial charge on any atom is 0.391 e. The molecule has 0 unspecified atom stereocenters. The summed E-state index contributed by atoms with van der Waals surface area (Å²) in [6.07, 6.45) is -4.11. The molecule has 0 saturated carbocycles. The Labute approximate surface area is 136 Å². The minimum Gasteiger partial charge on any atom is -0.324 e. The largest absolute Gasteiger partial charge is 0.391 e. The van der Waals surface area contributed by atoms with Crippen LogP contribution in [-0.2, 0) is 4.79 Å². The number of amides is 1. The molecule has 1 aromatic rings. The Balaban J connectivity index is 1.85. The lowest BCUT2D eigenvalue weighted by molar-refractivity contribution is -0.184. The number of likely N-dealkylation sites (tertiary alicyclic amines) is 1. The zero-order valence-corrected chi connectivity index (χ0v) is 13.1. The lowest BCUT2D eigenvalue weighted by Crippen LogP contribution is -2.42. The third-order valence-electron chi connectivity index (χ3n) is 3.64. The fourth-order valence-corrected chi connectivity index (χ4v) is 2.76. The van der Waals surface area contributed by atoms with Crippen LogP contribution in [0.5, 0.6) is 0 Å². The van der Waals surface area contributed by atoms with Crippen molar-refractivity contribution in [3.05, 3.63) is 28.2 Å². The van der Waals surface area contributed by atoms with Crippen LogP contribution in [0.4, 0.5) is 18.9 Å². The lowest BCUT2D eigenvalue weighted by Gasteiger charge is -2.32. The van der Waals surface area contributed by atoms with E-state index in [4.69, 9.17) is 23.2 Å². The van der Waals surface area contributed by atoms with Gasteiger partial charge >= 0.3 is 6.18 Å². The number of benzene rings is 1. The molecule has 0 bridgehead atoms. The molecule has 1 saturated heterocycles. The number of halogens is 5. The number of nitrogens with zero attached hydrogens (tertiary/aromatic N) is 1. The molecule has 3 nitrogen and oxygen atoms in total. The van der Waals surface area contributed by atoms with Crippen molar-refractivity contribution in [1.29, 1.82) is 0 Å². The Morgan fingerprint density at radius 1 is 1.27 bits per heavy atom. The first kappa shape index (κ1) is 17.4. The van der Waals surface area contributed by atoms with Crippen molar-refractivity contribution < 1.29 is 18.0 Å². The standard InChI is InChI=1S/C14H15Cl2F3N2O/c15-10-2-1-3-11(13(10)16)20-12(22)8-21-6-4-9(5-7-21)14(17,18)19/h1-3,9H,4-8H2,(H,20,22). The van der Waals surface area contributed by atoms with Gasteiger partial charge in [0.05, 0.1) is 28.2 Å². The van der Waals surface area contributed by atoms with Gasteiger partial charge in [-0.3, -0.25) is 9.69 Å². The molecule has 1 N–H and O–H groups in total. The number of rotatable bonds is 3. The minimum atomic E-state index is -4.15. The quantitative estimate of drug-likeness (QED) is 0.881. The van der Waals surface area contributed by atoms with Gasteiger partial charge in [-0.05, 0) is 38.1 Å². The predicted octanol–water partition coefficient (Wildman–Crippen LogP) is 4.21. The molecule has 0 atom stereocenters. The topological polar surface area (TPSA) is 32.3 Å². The summed E-state index contributed by atoms with van der Waals surface area (Å²) in [5.41, 5.74) is 0.393. The third-order valence-corrected chi connectivity index (χ3v) is 4.46. The Morgan fingerprint density at radius 3 is 2.50 bits per heavy atom. The van der Waals surface area contributed by atoms with E-state index in [-0.39, 0.29) is 43.4 Å². The molecule has 0 aromatic heterocycles. The molecule has 0 aliphatic carbocycles. The fourth-order valence-electron chi connectivity index (χ4n) is 2.41. The SMILES string of the molecule is O=C(CN1CCC(C(F)(F)F)CC1)Nc1cccc(Cl)c1Cl. The van der Waals surface area contributed by atoms with Gasteiger partial charge in [0.2, 0.25) is 5.91 Å². The van der Waals surface area contributed by atoms with E-state index in [0.29, 0.717) is 10.7 Å². The van der Waals surface area contributed by atoms with E-state index in [2.05, 4.69) is 5.32 Å². The van der Waals surface area contributed by atoms with Crippen LogP contribution in [0.3, 0.4) is 0 Å². The highest BCUT2D eigenvalue weighted by Crippen LogP contribution is 2.34. The highest BCUT2D eigenvalue weighted by molar-refractivity contribution is 6.43. The van der Waals surface area contributed by atoms with Gasteiger partial charge in [0.15, 0.2) is 0 Å². The van der Waals surface area contributed by atoms with Crippen LogP contribution in [-0.4, -0.2) is 36.6 Å². The van der Waals surface area contributed by atoms with Gasteiger partial charge in [0.25, 0.3) is 0 Å². The molecule has 1 aliphatic rings. The van der Waals surface area contributed by atoms with Gasteiger partial charge in [0.1, 0.15) is 0 Å². The minimum absolute atomic E-state index is 0.0225. The number of anilines is 1. The molecule has 1 amide bonds. The Morgan fingerprint density at radius 2 is 1.91 bits per heavy atom. The van der Waals surface area contributed by atoms with Crippen LogP contribution >= 0.6 is 23.2 Å². The third kappa shape index (κ3) is 4.51. The number of carbonyl (C=O) groups excluding carboxylic acids is 1. The van der Waals surface area contributed by atoms with Crippen LogP contribution in [0.1, 0.15) is 12.8 Å². The molecular weight excluding hydrogens is 340 g/mol. The highest BCUT2D eigenvalue weighted by Gasteiger charge is 2.41. The molecule has 1 fully saturated rings. The van der Waals surface area contributed by atoms with Crippen molar-refractivity contribution in [2.45, 2.75) is 19.0 Å². The smallest absolute Gasteiger partial charge is 0.324 e. The van der Waals surface area contributed by atoms with Gasteiger partial charge in [-0.1, -0.05) is 29.3 Å². The van der Waals surface area contributed by atoms with E-state index >= 15 is 0 Å². The number of alkyl halides is 3. The van der Waals surface area contributed by atoms with E-state index in [1.807, 2.05) is 0 Å². The van der Waals surface area contributed by atoms with Crippen LogP contribution in [0.2, 0.25) is 10.0 Å². The zero-order valence-electron chi connectivity index (χ0n) is 11.6. The van der Waals surface area contributed by atoms with Gasteiger partial charge in [-0.2, -0.15) is 13.2 Å². The summed E-state index contributed by atoms with van der Waals surface area (Å²) in [4.78, 5) is 13.7. The second-order valence-corrected chi connectivity index (χ2v) is 6.03. The second-order valence-electron chi connectivity index (χ2n) is 5.24. The van der Waals surface area contributed by atoms with E-state index < -0.39 is 12.1 Å². The maximum absolute atomic E-state index is 12.6. The summed E-state index contributed by atoms with van der Waals surface area (Å²) in [6.45, 7) is 0.537. The predicted molar refractivity (Wildman–Crippen MR) is 80.3 cm³/mol. The molecule has 1 heterocycles. The molecule has 22 heavy (non-hydrogen) atoms. The molecule has 1 aliphatic heterocycles. The van der Waals surface area contributed by atoms with E-state index in [0.717, 1.165) is 0 Å². The van der Waals surface area contributed by atoms with Crippen molar-refractivity contribution >= 4 is 34.8 Å². The van der Waals surface area contributed by atoms with Crippen LogP contribution < -0.4 is 5.32 Å². The zero-order chi connectivity index (χ0) is 16.3. The van der Waals surface area contributed by atoms with Crippen molar-refractivity contribution in [2.24, 2.45) is 5.92 Å². The van der Waals surface area contributed by atoms with E-state index in [1.54, 1.807) is 23.1 Å². The average molecular weight is 355 g/mol. The summed E-state index contributed by atoms with van der Waals surface area (Å²) in [6, 6.07) is 4.86. The molecule has 0 radical (unpaired) electrons. The molecule has 0 spiro atoms. The lowest BCUT2D eigenvalue weighted by atomic mass is 9.96. The van der Waals surface area contributed by atoms with Crippen LogP contribution in [0, 0.1) is 5.92 Å². The first-order valence-corrected chi connectivity index (χ1v) is 7.56. The molecule has 122 valence electrons. The number of nitrogens with one attached hydrogen (secondary N) is 1. The summed E-state index contributed by atoms with van der Waals surface area (Å²) in [5.74, 6) is -1.59. The van der Waals surface area contributed by atoms with Gasteiger partial charge in [-0.25, -0.2) is 0 Å². The molecule has 1 aromatic carbocycles. The van der Waals surface area contributed by atoms with Crippen LogP contribution in [0.15, 0.2) is 18.2 Å². The number of hydrogen-bond acceptors (Lipinski definition) is 2. The first-order valence-electron chi connectivity index (χ1n) is 6.80. The number of carbonyl (C=O) groups is 1. The van der Waals surface area contributed by atoms with Crippen molar-refractivity contribution in [3.8, 4) is 0 Å². The van der Waals surface area contributed by atoms with Crippen molar-refractivity contribution in [2.75, 3.05) is 25.0 Å². The summed E-state index contributed by atoms with van der Waals surface area (Å²) in [7, 11) is 0. The average Bonchev–Trinajstić information content (AvgIpc) is 2.43. The Kier molecular flexibility index (Phi) is 5.58. The monoisotopic (exact) mass is 354 g/mol. The summed E-state index contributed by atoms with van der Waals surface area (Å²) >= 11 is 11.8. The van der Waals surface area contributed by atoms with Gasteiger partial charge in [-0.15, -0.1) is 0 Å². The molecular formula is C14H15Cl2F3N2O. The summed E-state index contributed by atoms with van der Waals surface area (Å²) in [5, 5.41) is 3.19. The van der Waals surface area contributed by atoms with E-state index in [9.17, 15) is 18.0 Å². The van der Waals surface area contributed by atoms with Gasteiger partial charge < -0.3 is 5.32 Å². The highest BCUT2D eigenvalue weighted by atomic mass is 35.5. The van der Waals surface area contributed by atoms with E-state index in [1.165, 1.54) is 0 Å². The second kappa shape index (κ2) is 7.06. The van der Waals surface area contributed by atoms with Crippen LogP contribution in [0.25, 0.3) is 0 Å². The summed E-state index contributed by atoms with van der Waals surface area (Å²) < 4.78 is 37.7. The fraction of sp³-hybridized carbons (Fsp3) is 0.500. The molecule has 2 rings (SSSR count). The Bertz CT molecular complexity index is 543. The number of hydrogen-bond donors (Lipinski definition) is 1.